The summed E-state index contributed by atoms with van der Waals surface area (Å²) in [6.45, 7) is 1.78. The first kappa shape index (κ1) is 15.3. The molecule has 0 bridgehead atoms. The van der Waals surface area contributed by atoms with Crippen molar-refractivity contribution in [2.45, 2.75) is 37.2 Å². The summed E-state index contributed by atoms with van der Waals surface area (Å²) in [7, 11) is 0. The van der Waals surface area contributed by atoms with Gasteiger partial charge < -0.3 is 24.4 Å². The Labute approximate surface area is 139 Å². The molecular weight excluding hydrogens is 312 g/mol. The van der Waals surface area contributed by atoms with E-state index < -0.39 is 11.6 Å². The normalized spacial score (nSPS) is 27.0. The van der Waals surface area contributed by atoms with E-state index in [9.17, 15) is 9.59 Å². The Kier molecular flexibility index (Phi) is 3.80. The van der Waals surface area contributed by atoms with E-state index in [2.05, 4.69) is 5.32 Å². The summed E-state index contributed by atoms with van der Waals surface area (Å²) in [5.41, 5.74) is 0.737. The predicted octanol–water partition coefficient (Wildman–Crippen LogP) is 1.66. The van der Waals surface area contributed by atoms with Crippen molar-refractivity contribution < 1.29 is 23.8 Å². The minimum atomic E-state index is -0.416. The quantitative estimate of drug-likeness (QED) is 0.907. The molecule has 1 N–H and O–H groups in total. The van der Waals surface area contributed by atoms with Crippen molar-refractivity contribution in [2.75, 3.05) is 19.7 Å². The first-order chi connectivity index (χ1) is 11.6. The molecule has 2 heterocycles. The molecule has 7 heteroatoms. The number of rotatable bonds is 4. The van der Waals surface area contributed by atoms with Crippen LogP contribution in [0.2, 0.25) is 0 Å². The highest BCUT2D eigenvalue weighted by atomic mass is 16.6. The van der Waals surface area contributed by atoms with Crippen molar-refractivity contribution >= 4 is 12.2 Å². The standard InChI is InChI=1S/C17H20N2O5/c20-15-18-17(11-23-15)9-19(10-17)16(21)24-14-6-13(7-14)22-8-12-4-2-1-3-5-12/h1-5,13-14H,6-11H2,(H,18,20)/t13-,14-. The lowest BCUT2D eigenvalue weighted by Crippen LogP contribution is -2.70. The smallest absolute Gasteiger partial charge is 0.410 e. The largest absolute Gasteiger partial charge is 0.447 e. The maximum absolute atomic E-state index is 12.0. The van der Waals surface area contributed by atoms with E-state index >= 15 is 0 Å². The lowest BCUT2D eigenvalue weighted by Gasteiger charge is -2.46. The van der Waals surface area contributed by atoms with Crippen molar-refractivity contribution in [3.8, 4) is 0 Å². The molecule has 1 aromatic rings. The van der Waals surface area contributed by atoms with Crippen LogP contribution >= 0.6 is 0 Å². The Bertz CT molecular complexity index is 623. The van der Waals surface area contributed by atoms with E-state index in [0.717, 1.165) is 18.4 Å². The van der Waals surface area contributed by atoms with Gasteiger partial charge in [0.25, 0.3) is 0 Å². The molecule has 2 saturated heterocycles. The lowest BCUT2D eigenvalue weighted by molar-refractivity contribution is -0.0928. The first-order valence-electron chi connectivity index (χ1n) is 8.18. The van der Waals surface area contributed by atoms with Gasteiger partial charge in [0.2, 0.25) is 0 Å². The van der Waals surface area contributed by atoms with E-state index in [1.807, 2.05) is 30.3 Å². The van der Waals surface area contributed by atoms with Gasteiger partial charge in [-0.25, -0.2) is 9.59 Å². The molecular formula is C17H20N2O5. The van der Waals surface area contributed by atoms with Gasteiger partial charge in [0, 0.05) is 12.8 Å². The van der Waals surface area contributed by atoms with Crippen molar-refractivity contribution in [1.29, 1.82) is 0 Å². The molecule has 0 aromatic heterocycles. The van der Waals surface area contributed by atoms with Gasteiger partial charge in [0.15, 0.2) is 0 Å². The van der Waals surface area contributed by atoms with Crippen LogP contribution in [0.1, 0.15) is 18.4 Å². The van der Waals surface area contributed by atoms with Gasteiger partial charge in [-0.15, -0.1) is 0 Å². The van der Waals surface area contributed by atoms with Crippen LogP contribution in [0.3, 0.4) is 0 Å². The van der Waals surface area contributed by atoms with Crippen LogP contribution < -0.4 is 5.32 Å². The molecule has 3 fully saturated rings. The Balaban J connectivity index is 1.14. The summed E-state index contributed by atoms with van der Waals surface area (Å²) in [4.78, 5) is 24.7. The van der Waals surface area contributed by atoms with E-state index in [4.69, 9.17) is 14.2 Å². The van der Waals surface area contributed by atoms with Crippen molar-refractivity contribution in [3.05, 3.63) is 35.9 Å². The molecule has 4 rings (SSSR count). The van der Waals surface area contributed by atoms with Crippen LogP contribution in [0, 0.1) is 0 Å². The second-order valence-corrected chi connectivity index (χ2v) is 6.73. The second-order valence-electron chi connectivity index (χ2n) is 6.73. The zero-order chi connectivity index (χ0) is 16.6. The highest BCUT2D eigenvalue weighted by Gasteiger charge is 2.52. The monoisotopic (exact) mass is 332 g/mol. The Morgan fingerprint density at radius 3 is 2.67 bits per heavy atom. The summed E-state index contributed by atoms with van der Waals surface area (Å²) in [6, 6.07) is 10.0. The molecule has 7 nitrogen and oxygen atoms in total. The molecule has 1 saturated carbocycles. The molecule has 128 valence electrons. The minimum absolute atomic E-state index is 0.0794. The van der Waals surface area contributed by atoms with Crippen LogP contribution in [0.5, 0.6) is 0 Å². The fourth-order valence-corrected chi connectivity index (χ4v) is 3.23. The number of nitrogens with zero attached hydrogens (tertiary/aromatic N) is 1. The number of carbonyl (C=O) groups is 2. The fourth-order valence-electron chi connectivity index (χ4n) is 3.23. The van der Waals surface area contributed by atoms with E-state index in [1.54, 1.807) is 4.90 Å². The van der Waals surface area contributed by atoms with Crippen LogP contribution in [0.15, 0.2) is 30.3 Å². The van der Waals surface area contributed by atoms with Gasteiger partial charge in [0.1, 0.15) is 18.2 Å². The number of alkyl carbamates (subject to hydrolysis) is 1. The predicted molar refractivity (Wildman–Crippen MR) is 83.3 cm³/mol. The summed E-state index contributed by atoms with van der Waals surface area (Å²) < 4.78 is 16.1. The number of hydrogen-bond acceptors (Lipinski definition) is 5. The number of hydrogen-bond donors (Lipinski definition) is 1. The van der Waals surface area contributed by atoms with Crippen LogP contribution in [0.25, 0.3) is 0 Å². The number of amides is 2. The minimum Gasteiger partial charge on any atom is -0.447 e. The van der Waals surface area contributed by atoms with Gasteiger partial charge in [-0.2, -0.15) is 0 Å². The Morgan fingerprint density at radius 2 is 2.00 bits per heavy atom. The number of carbonyl (C=O) groups excluding carboxylic acids is 2. The third-order valence-corrected chi connectivity index (χ3v) is 4.74. The Hall–Kier alpha value is -2.28. The molecule has 1 spiro atoms. The molecule has 1 aromatic carbocycles. The summed E-state index contributed by atoms with van der Waals surface area (Å²) in [6.07, 6.45) is 0.792. The number of nitrogens with one attached hydrogen (secondary N) is 1. The second kappa shape index (κ2) is 5.98. The SMILES string of the molecule is O=C1NC2(CO1)CN(C(=O)O[C@H]1C[C@H](OCc3ccccc3)C1)C2. The van der Waals surface area contributed by atoms with Crippen LogP contribution in [-0.4, -0.2) is 54.5 Å². The van der Waals surface area contributed by atoms with Crippen molar-refractivity contribution in [1.82, 2.24) is 10.2 Å². The summed E-state index contributed by atoms with van der Waals surface area (Å²) in [5.74, 6) is 0. The summed E-state index contributed by atoms with van der Waals surface area (Å²) in [5, 5.41) is 2.74. The van der Waals surface area contributed by atoms with Gasteiger partial charge in [-0.05, 0) is 5.56 Å². The molecule has 2 amide bonds. The molecule has 1 aliphatic carbocycles. The number of likely N-dealkylation sites (tertiary alicyclic amines) is 1. The van der Waals surface area contributed by atoms with Gasteiger partial charge in [0.05, 0.1) is 25.8 Å². The highest BCUT2D eigenvalue weighted by Crippen LogP contribution is 2.30. The third-order valence-electron chi connectivity index (χ3n) is 4.74. The van der Waals surface area contributed by atoms with E-state index in [-0.39, 0.29) is 18.3 Å². The van der Waals surface area contributed by atoms with Crippen LogP contribution in [0.4, 0.5) is 9.59 Å². The molecule has 0 radical (unpaired) electrons. The average molecular weight is 332 g/mol. The number of benzene rings is 1. The maximum Gasteiger partial charge on any atom is 0.410 e. The average Bonchev–Trinajstić information content (AvgIpc) is 2.91. The summed E-state index contributed by atoms with van der Waals surface area (Å²) >= 11 is 0. The Morgan fingerprint density at radius 1 is 1.25 bits per heavy atom. The molecule has 0 unspecified atom stereocenters. The lowest BCUT2D eigenvalue weighted by atomic mass is 9.91. The number of ether oxygens (including phenoxy) is 3. The highest BCUT2D eigenvalue weighted by molar-refractivity contribution is 5.74. The zero-order valence-electron chi connectivity index (χ0n) is 13.3. The maximum atomic E-state index is 12.0. The fraction of sp³-hybridized carbons (Fsp3) is 0.529. The van der Waals surface area contributed by atoms with Crippen molar-refractivity contribution in [2.24, 2.45) is 0 Å². The van der Waals surface area contributed by atoms with Gasteiger partial charge in [-0.1, -0.05) is 30.3 Å². The van der Waals surface area contributed by atoms with Gasteiger partial charge in [-0.3, -0.25) is 0 Å². The van der Waals surface area contributed by atoms with E-state index in [1.165, 1.54) is 0 Å². The topological polar surface area (TPSA) is 77.1 Å². The molecule has 3 aliphatic rings. The van der Waals surface area contributed by atoms with Gasteiger partial charge >= 0.3 is 12.2 Å². The molecule has 2 aliphatic heterocycles. The number of cyclic esters (lactones) is 1. The van der Waals surface area contributed by atoms with E-state index in [0.29, 0.717) is 26.3 Å². The first-order valence-corrected chi connectivity index (χ1v) is 8.18. The molecule has 0 atom stereocenters. The molecule has 24 heavy (non-hydrogen) atoms. The third kappa shape index (κ3) is 3.03. The van der Waals surface area contributed by atoms with Crippen LogP contribution in [-0.2, 0) is 20.8 Å². The van der Waals surface area contributed by atoms with Crippen molar-refractivity contribution in [3.63, 3.8) is 0 Å². The zero-order valence-corrected chi connectivity index (χ0v) is 13.3.